The highest BCUT2D eigenvalue weighted by Gasteiger charge is 2.42. The molecule has 1 aromatic carbocycles. The van der Waals surface area contributed by atoms with Gasteiger partial charge in [-0.2, -0.15) is 0 Å². The second-order valence-electron chi connectivity index (χ2n) is 6.98. The molecule has 0 unspecified atom stereocenters. The lowest BCUT2D eigenvalue weighted by Gasteiger charge is -2.28. The second kappa shape index (κ2) is 12.1. The average molecular weight is 534 g/mol. The molecule has 2 rings (SSSR count). The first-order valence-electron chi connectivity index (χ1n) is 10.2. The number of amides is 1. The highest BCUT2D eigenvalue weighted by atomic mass is 35.5. The van der Waals surface area contributed by atoms with Crippen LogP contribution in [-0.2, 0) is 33.4 Å². The predicted octanol–water partition coefficient (Wildman–Crippen LogP) is 4.02. The van der Waals surface area contributed by atoms with E-state index in [-0.39, 0.29) is 45.1 Å². The summed E-state index contributed by atoms with van der Waals surface area (Å²) in [5, 5.41) is 5.76. The molecule has 1 amide bonds. The molecule has 0 spiro atoms. The number of anilines is 1. The zero-order chi connectivity index (χ0) is 25.6. The Balaban J connectivity index is 2.29. The highest BCUT2D eigenvalue weighted by Crippen LogP contribution is 2.34. The van der Waals surface area contributed by atoms with Crippen molar-refractivity contribution in [3.8, 4) is 0 Å². The van der Waals surface area contributed by atoms with E-state index in [0.29, 0.717) is 11.4 Å². The Bertz CT molecular complexity index is 1020. The summed E-state index contributed by atoms with van der Waals surface area (Å²) in [6, 6.07) is 2.76. The number of rotatable bonds is 8. The van der Waals surface area contributed by atoms with Crippen LogP contribution in [0.15, 0.2) is 34.7 Å². The summed E-state index contributed by atoms with van der Waals surface area (Å²) in [4.78, 5) is 50.7. The molecule has 2 N–H and O–H groups in total. The Morgan fingerprint density at radius 3 is 1.79 bits per heavy atom. The van der Waals surface area contributed by atoms with E-state index in [1.54, 1.807) is 27.7 Å². The molecule has 0 saturated carbocycles. The molecule has 0 bridgehead atoms. The largest absolute Gasteiger partial charge is 0.463 e. The van der Waals surface area contributed by atoms with Gasteiger partial charge in [0.05, 0.1) is 40.1 Å². The highest BCUT2D eigenvalue weighted by molar-refractivity contribution is 6.42. The van der Waals surface area contributed by atoms with E-state index >= 15 is 0 Å². The number of hydrogen-bond acceptors (Lipinski definition) is 8. The monoisotopic (exact) mass is 532 g/mol. The lowest BCUT2D eigenvalue weighted by atomic mass is 9.85. The standard InChI is InChI=1S/C22H23Cl3N2O7/c1-5-32-20(29)16-10(3)26-11(4)17(21(30)33-6-2)18(16)22(31)34-9-15(28)27-19-13(24)7-12(23)8-14(19)25/h7-8,18,26H,5-6,9H2,1-4H3,(H,27,28). The smallest absolute Gasteiger partial charge is 0.337 e. The zero-order valence-corrected chi connectivity index (χ0v) is 21.1. The number of carbonyl (C=O) groups excluding carboxylic acids is 4. The molecule has 0 radical (unpaired) electrons. The fourth-order valence-electron chi connectivity index (χ4n) is 3.25. The van der Waals surface area contributed by atoms with Gasteiger partial charge in [0.15, 0.2) is 6.61 Å². The topological polar surface area (TPSA) is 120 Å². The minimum absolute atomic E-state index is 0.0415. The van der Waals surface area contributed by atoms with Crippen molar-refractivity contribution in [3.63, 3.8) is 0 Å². The predicted molar refractivity (Wildman–Crippen MR) is 126 cm³/mol. The Morgan fingerprint density at radius 2 is 1.35 bits per heavy atom. The minimum atomic E-state index is -1.46. The quantitative estimate of drug-likeness (QED) is 0.380. The summed E-state index contributed by atoms with van der Waals surface area (Å²) in [7, 11) is 0. The van der Waals surface area contributed by atoms with E-state index in [1.165, 1.54) is 12.1 Å². The number of benzene rings is 1. The number of allylic oxidation sites excluding steroid dienone is 2. The molecule has 1 aromatic rings. The van der Waals surface area contributed by atoms with E-state index in [2.05, 4.69) is 10.6 Å². The van der Waals surface area contributed by atoms with Crippen molar-refractivity contribution in [1.82, 2.24) is 5.32 Å². The third-order valence-electron chi connectivity index (χ3n) is 4.60. The van der Waals surface area contributed by atoms with Crippen LogP contribution in [0, 0.1) is 5.92 Å². The van der Waals surface area contributed by atoms with Gasteiger partial charge in [-0.05, 0) is 39.8 Å². The van der Waals surface area contributed by atoms with Crippen LogP contribution in [0.25, 0.3) is 0 Å². The molecule has 1 aliphatic rings. The first-order chi connectivity index (χ1) is 16.0. The SMILES string of the molecule is CCOC(=O)C1=C(C)NC(C)=C(C(=O)OCC)C1C(=O)OCC(=O)Nc1c(Cl)cc(Cl)cc1Cl. The van der Waals surface area contributed by atoms with Gasteiger partial charge >= 0.3 is 17.9 Å². The first kappa shape index (κ1) is 27.5. The van der Waals surface area contributed by atoms with Crippen molar-refractivity contribution in [3.05, 3.63) is 49.7 Å². The van der Waals surface area contributed by atoms with Crippen molar-refractivity contribution in [2.45, 2.75) is 27.7 Å². The summed E-state index contributed by atoms with van der Waals surface area (Å²) in [5.74, 6) is -4.87. The lowest BCUT2D eigenvalue weighted by molar-refractivity contribution is -0.153. The maximum Gasteiger partial charge on any atom is 0.337 e. The molecule has 0 atom stereocenters. The number of halogens is 3. The molecule has 0 saturated heterocycles. The molecule has 0 aliphatic carbocycles. The molecule has 34 heavy (non-hydrogen) atoms. The van der Waals surface area contributed by atoms with Gasteiger partial charge < -0.3 is 24.8 Å². The summed E-state index contributed by atoms with van der Waals surface area (Å²) in [6.07, 6.45) is 0. The number of ether oxygens (including phenoxy) is 3. The van der Waals surface area contributed by atoms with Gasteiger partial charge in [0, 0.05) is 16.4 Å². The van der Waals surface area contributed by atoms with Gasteiger partial charge in [0.25, 0.3) is 5.91 Å². The summed E-state index contributed by atoms with van der Waals surface area (Å²) >= 11 is 18.0. The maximum atomic E-state index is 13.1. The van der Waals surface area contributed by atoms with Crippen molar-refractivity contribution in [1.29, 1.82) is 0 Å². The van der Waals surface area contributed by atoms with Gasteiger partial charge in [-0.25, -0.2) is 9.59 Å². The minimum Gasteiger partial charge on any atom is -0.463 e. The van der Waals surface area contributed by atoms with Crippen molar-refractivity contribution >= 4 is 64.3 Å². The van der Waals surface area contributed by atoms with E-state index in [0.717, 1.165) is 0 Å². The molecule has 184 valence electrons. The molecule has 9 nitrogen and oxygen atoms in total. The van der Waals surface area contributed by atoms with Crippen molar-refractivity contribution in [2.24, 2.45) is 5.92 Å². The van der Waals surface area contributed by atoms with Gasteiger partial charge in [0.1, 0.15) is 5.92 Å². The molecular weight excluding hydrogens is 511 g/mol. The maximum absolute atomic E-state index is 13.1. The van der Waals surface area contributed by atoms with Crippen LogP contribution in [0.5, 0.6) is 0 Å². The molecule has 1 aliphatic heterocycles. The van der Waals surface area contributed by atoms with Crippen molar-refractivity contribution < 1.29 is 33.4 Å². The van der Waals surface area contributed by atoms with Gasteiger partial charge in [-0.1, -0.05) is 34.8 Å². The van der Waals surface area contributed by atoms with Crippen molar-refractivity contribution in [2.75, 3.05) is 25.1 Å². The Morgan fingerprint density at radius 1 is 0.882 bits per heavy atom. The van der Waals surface area contributed by atoms with Gasteiger partial charge in [-0.3, -0.25) is 9.59 Å². The fourth-order valence-corrected chi connectivity index (χ4v) is 4.16. The van der Waals surface area contributed by atoms with Crippen LogP contribution in [0.2, 0.25) is 15.1 Å². The molecule has 0 aromatic heterocycles. The van der Waals surface area contributed by atoms with Crippen LogP contribution < -0.4 is 10.6 Å². The Hall–Kier alpha value is -2.75. The molecule has 12 heteroatoms. The van der Waals surface area contributed by atoms with Crippen LogP contribution in [0.4, 0.5) is 5.69 Å². The Labute approximate surface area is 211 Å². The molecule has 0 fully saturated rings. The van der Waals surface area contributed by atoms with E-state index in [9.17, 15) is 19.2 Å². The van der Waals surface area contributed by atoms with Gasteiger partial charge in [0.2, 0.25) is 0 Å². The third kappa shape index (κ3) is 6.43. The summed E-state index contributed by atoms with van der Waals surface area (Å²) in [5.41, 5.74) is 0.446. The normalized spacial score (nSPS) is 13.9. The van der Waals surface area contributed by atoms with Crippen LogP contribution in [-0.4, -0.2) is 43.6 Å². The number of dihydropyridines is 1. The number of nitrogens with one attached hydrogen (secondary N) is 2. The summed E-state index contributed by atoms with van der Waals surface area (Å²) in [6.45, 7) is 5.64. The van der Waals surface area contributed by atoms with Crippen LogP contribution in [0.1, 0.15) is 27.7 Å². The van der Waals surface area contributed by atoms with E-state index in [1.807, 2.05) is 0 Å². The van der Waals surface area contributed by atoms with Gasteiger partial charge in [-0.15, -0.1) is 0 Å². The van der Waals surface area contributed by atoms with Crippen LogP contribution in [0.3, 0.4) is 0 Å². The average Bonchev–Trinajstić information content (AvgIpc) is 2.74. The number of hydrogen-bond donors (Lipinski definition) is 2. The number of esters is 3. The summed E-state index contributed by atoms with van der Waals surface area (Å²) < 4.78 is 15.3. The third-order valence-corrected chi connectivity index (χ3v) is 5.42. The fraction of sp³-hybridized carbons (Fsp3) is 0.364. The van der Waals surface area contributed by atoms with Crippen LogP contribution >= 0.6 is 34.8 Å². The second-order valence-corrected chi connectivity index (χ2v) is 8.23. The Kier molecular flexibility index (Phi) is 9.78. The van der Waals surface area contributed by atoms with E-state index in [4.69, 9.17) is 49.0 Å². The number of carbonyl (C=O) groups is 4. The molecular formula is C22H23Cl3N2O7. The first-order valence-corrected chi connectivity index (χ1v) is 11.3. The lowest BCUT2D eigenvalue weighted by Crippen LogP contribution is -2.39. The molecule has 1 heterocycles. The van der Waals surface area contributed by atoms with E-state index < -0.39 is 36.3 Å². The zero-order valence-electron chi connectivity index (χ0n) is 18.8.